The maximum absolute atomic E-state index is 11.5. The van der Waals surface area contributed by atoms with Crippen LogP contribution in [0.3, 0.4) is 0 Å². The summed E-state index contributed by atoms with van der Waals surface area (Å²) in [6.45, 7) is 0. The van der Waals surface area contributed by atoms with Crippen LogP contribution >= 0.6 is 11.8 Å². The van der Waals surface area contributed by atoms with E-state index in [-0.39, 0.29) is 11.6 Å². The molecule has 1 fully saturated rings. The standard InChI is InChI=1S/C12H12BN3O5S/c17-10(18)5-9-11(19)15-12(22-9)16-14-6-7-1-3-8(4-2-7)13(20)21/h1-4,6,9,20-21H,5H2,(H,17,18)(H,15,16,19). The van der Waals surface area contributed by atoms with Crippen molar-refractivity contribution in [2.45, 2.75) is 11.7 Å². The second-order valence-corrected chi connectivity index (χ2v) is 5.58. The van der Waals surface area contributed by atoms with Gasteiger partial charge >= 0.3 is 13.1 Å². The van der Waals surface area contributed by atoms with Gasteiger partial charge in [-0.25, -0.2) is 0 Å². The molecule has 1 amide bonds. The topological polar surface area (TPSA) is 132 Å². The highest BCUT2D eigenvalue weighted by atomic mass is 32.2. The molecule has 10 heteroatoms. The molecule has 1 heterocycles. The van der Waals surface area contributed by atoms with E-state index in [2.05, 4.69) is 15.5 Å². The van der Waals surface area contributed by atoms with E-state index >= 15 is 0 Å². The number of carboxylic acids is 1. The predicted molar refractivity (Wildman–Crippen MR) is 83.1 cm³/mol. The zero-order valence-electron chi connectivity index (χ0n) is 11.2. The van der Waals surface area contributed by atoms with E-state index in [0.717, 1.165) is 11.8 Å². The Labute approximate surface area is 130 Å². The number of aliphatic carboxylic acids is 1. The molecule has 1 unspecified atom stereocenters. The smallest absolute Gasteiger partial charge is 0.481 e. The maximum Gasteiger partial charge on any atom is 0.488 e. The van der Waals surface area contributed by atoms with Crippen LogP contribution in [-0.2, 0) is 9.59 Å². The van der Waals surface area contributed by atoms with Crippen LogP contribution in [0, 0.1) is 0 Å². The molecule has 2 rings (SSSR count). The van der Waals surface area contributed by atoms with E-state index in [1.54, 1.807) is 12.1 Å². The lowest BCUT2D eigenvalue weighted by molar-refractivity contribution is -0.138. The number of benzene rings is 1. The monoisotopic (exact) mass is 321 g/mol. The van der Waals surface area contributed by atoms with Gasteiger partial charge in [-0.2, -0.15) is 5.10 Å². The lowest BCUT2D eigenvalue weighted by Gasteiger charge is -1.98. The number of hydrogen-bond acceptors (Lipinski definition) is 7. The van der Waals surface area contributed by atoms with Crippen LogP contribution in [0.5, 0.6) is 0 Å². The Balaban J connectivity index is 1.96. The van der Waals surface area contributed by atoms with E-state index < -0.39 is 24.2 Å². The summed E-state index contributed by atoms with van der Waals surface area (Å²) >= 11 is 1.02. The van der Waals surface area contributed by atoms with Gasteiger partial charge in [0.2, 0.25) is 5.91 Å². The maximum atomic E-state index is 11.5. The molecule has 1 aromatic rings. The van der Waals surface area contributed by atoms with Gasteiger partial charge < -0.3 is 20.5 Å². The quantitative estimate of drug-likeness (QED) is 0.305. The Morgan fingerprint density at radius 3 is 2.64 bits per heavy atom. The lowest BCUT2D eigenvalue weighted by atomic mass is 9.80. The molecule has 8 nitrogen and oxygen atoms in total. The zero-order valence-corrected chi connectivity index (χ0v) is 12.0. The Bertz CT molecular complexity index is 632. The van der Waals surface area contributed by atoms with Crippen LogP contribution in [0.25, 0.3) is 0 Å². The van der Waals surface area contributed by atoms with Crippen molar-refractivity contribution in [1.82, 2.24) is 5.32 Å². The Morgan fingerprint density at radius 1 is 1.36 bits per heavy atom. The van der Waals surface area contributed by atoms with Gasteiger partial charge in [-0.1, -0.05) is 36.0 Å². The fourth-order valence-electron chi connectivity index (χ4n) is 1.65. The highest BCUT2D eigenvalue weighted by molar-refractivity contribution is 8.15. The second kappa shape index (κ2) is 7.21. The third kappa shape index (κ3) is 4.42. The average Bonchev–Trinajstić information content (AvgIpc) is 2.79. The molecule has 0 bridgehead atoms. The van der Waals surface area contributed by atoms with E-state index in [1.807, 2.05) is 0 Å². The van der Waals surface area contributed by atoms with Crippen LogP contribution in [-0.4, -0.2) is 50.8 Å². The third-order valence-electron chi connectivity index (χ3n) is 2.73. The molecular formula is C12H12BN3O5S. The molecule has 114 valence electrons. The van der Waals surface area contributed by atoms with Gasteiger partial charge in [-0.15, -0.1) is 5.10 Å². The normalized spacial score (nSPS) is 19.6. The van der Waals surface area contributed by atoms with Crippen molar-refractivity contribution < 1.29 is 24.7 Å². The second-order valence-electron chi connectivity index (χ2n) is 4.38. The number of rotatable bonds is 5. The van der Waals surface area contributed by atoms with E-state index in [9.17, 15) is 9.59 Å². The SMILES string of the molecule is O=C(O)CC1SC(=NN=Cc2ccc(B(O)O)cc2)NC1=O. The van der Waals surface area contributed by atoms with Gasteiger partial charge in [0.05, 0.1) is 12.6 Å². The first-order valence-corrected chi connectivity index (χ1v) is 7.10. The van der Waals surface area contributed by atoms with Crippen LogP contribution in [0.15, 0.2) is 34.5 Å². The van der Waals surface area contributed by atoms with Gasteiger partial charge in [0.25, 0.3) is 0 Å². The van der Waals surface area contributed by atoms with Crippen molar-refractivity contribution in [2.75, 3.05) is 0 Å². The molecule has 4 N–H and O–H groups in total. The van der Waals surface area contributed by atoms with Crippen LogP contribution in [0.4, 0.5) is 0 Å². The van der Waals surface area contributed by atoms with Crippen LogP contribution < -0.4 is 10.8 Å². The van der Waals surface area contributed by atoms with Crippen molar-refractivity contribution in [3.63, 3.8) is 0 Å². The molecule has 1 aliphatic rings. The summed E-state index contributed by atoms with van der Waals surface area (Å²) in [5, 5.41) is 36.2. The summed E-state index contributed by atoms with van der Waals surface area (Å²) in [5.41, 5.74) is 1.05. The van der Waals surface area contributed by atoms with E-state index in [0.29, 0.717) is 11.0 Å². The fraction of sp³-hybridized carbons (Fsp3) is 0.167. The van der Waals surface area contributed by atoms with Gasteiger partial charge in [0.1, 0.15) is 5.25 Å². The molecule has 0 saturated carbocycles. The third-order valence-corrected chi connectivity index (χ3v) is 3.80. The zero-order chi connectivity index (χ0) is 16.1. The number of amidine groups is 1. The molecular weight excluding hydrogens is 309 g/mol. The summed E-state index contributed by atoms with van der Waals surface area (Å²) in [7, 11) is -1.53. The first-order chi connectivity index (χ1) is 10.5. The van der Waals surface area contributed by atoms with Gasteiger partial charge in [0, 0.05) is 0 Å². The summed E-state index contributed by atoms with van der Waals surface area (Å²) in [5.74, 6) is -1.45. The number of carbonyl (C=O) groups is 2. The molecule has 1 atom stereocenters. The highest BCUT2D eigenvalue weighted by Crippen LogP contribution is 2.22. The van der Waals surface area contributed by atoms with Crippen molar-refractivity contribution in [2.24, 2.45) is 10.2 Å². The molecule has 1 aromatic carbocycles. The van der Waals surface area contributed by atoms with Crippen molar-refractivity contribution in [3.8, 4) is 0 Å². The predicted octanol–water partition coefficient (Wildman–Crippen LogP) is -1.24. The van der Waals surface area contributed by atoms with Crippen LogP contribution in [0.2, 0.25) is 0 Å². The highest BCUT2D eigenvalue weighted by Gasteiger charge is 2.32. The lowest BCUT2D eigenvalue weighted by Crippen LogP contribution is -2.29. The summed E-state index contributed by atoms with van der Waals surface area (Å²) in [6.07, 6.45) is 1.15. The minimum absolute atomic E-state index is 0.245. The fourth-order valence-corrected chi connectivity index (χ4v) is 2.56. The number of carbonyl (C=O) groups excluding carboxylic acids is 1. The van der Waals surface area contributed by atoms with E-state index in [4.69, 9.17) is 15.2 Å². The largest absolute Gasteiger partial charge is 0.488 e. The number of thioether (sulfide) groups is 1. The minimum atomic E-state index is -1.53. The number of nitrogens with one attached hydrogen (secondary N) is 1. The summed E-state index contributed by atoms with van der Waals surface area (Å²) in [4.78, 5) is 22.1. The number of carboxylic acid groups (broad SMARTS) is 1. The molecule has 22 heavy (non-hydrogen) atoms. The molecule has 1 saturated heterocycles. The van der Waals surface area contributed by atoms with Crippen molar-refractivity contribution >= 4 is 47.6 Å². The average molecular weight is 321 g/mol. The molecule has 0 radical (unpaired) electrons. The first-order valence-electron chi connectivity index (χ1n) is 6.22. The Morgan fingerprint density at radius 2 is 2.05 bits per heavy atom. The molecule has 0 aromatic heterocycles. The number of nitrogens with zero attached hydrogens (tertiary/aromatic N) is 2. The molecule has 0 aliphatic carbocycles. The van der Waals surface area contributed by atoms with E-state index in [1.165, 1.54) is 18.3 Å². The first kappa shape index (κ1) is 16.2. The summed E-state index contributed by atoms with van der Waals surface area (Å²) < 4.78 is 0. The summed E-state index contributed by atoms with van der Waals surface area (Å²) in [6, 6.07) is 6.33. The Hall–Kier alpha value is -2.17. The van der Waals surface area contributed by atoms with Crippen LogP contribution in [0.1, 0.15) is 12.0 Å². The molecule has 0 spiro atoms. The Kier molecular flexibility index (Phi) is 5.31. The van der Waals surface area contributed by atoms with Gasteiger partial charge in [0.15, 0.2) is 5.17 Å². The molecule has 1 aliphatic heterocycles. The van der Waals surface area contributed by atoms with Gasteiger partial charge in [-0.3, -0.25) is 9.59 Å². The van der Waals surface area contributed by atoms with Crippen molar-refractivity contribution in [1.29, 1.82) is 0 Å². The minimum Gasteiger partial charge on any atom is -0.481 e. The van der Waals surface area contributed by atoms with Crippen molar-refractivity contribution in [3.05, 3.63) is 29.8 Å². The van der Waals surface area contributed by atoms with Gasteiger partial charge in [-0.05, 0) is 11.0 Å². The number of hydrogen-bond donors (Lipinski definition) is 4. The number of amides is 1.